The van der Waals surface area contributed by atoms with Crippen LogP contribution in [0.2, 0.25) is 0 Å². The van der Waals surface area contributed by atoms with Gasteiger partial charge in [0, 0.05) is 140 Å². The van der Waals surface area contributed by atoms with Gasteiger partial charge in [0.15, 0.2) is 24.5 Å². The highest BCUT2D eigenvalue weighted by atomic mass is 79.9. The Labute approximate surface area is 757 Å². The van der Waals surface area contributed by atoms with Crippen molar-refractivity contribution >= 4 is 58.2 Å². The number of halogens is 1. The first kappa shape index (κ1) is 108. The summed E-state index contributed by atoms with van der Waals surface area (Å²) < 4.78 is 19.8. The molecule has 0 aliphatic carbocycles. The predicted octanol–water partition coefficient (Wildman–Crippen LogP) is 16.8. The molecule has 19 nitrogen and oxygen atoms in total. The zero-order chi connectivity index (χ0) is 89.7. The molecule has 20 heteroatoms. The largest absolute Gasteiger partial charge is 1.00 e. The summed E-state index contributed by atoms with van der Waals surface area (Å²) in [5, 5.41) is 17.8. The fourth-order valence-electron chi connectivity index (χ4n) is 18.5. The molecule has 0 fully saturated rings. The standard InChI is InChI=1S/C51H81N6O3.C38H54N3O2.C13H29N3O2.CH4.BrH/c1-13-57(14-2,15-3)40-26-37-55-44-30-21-19-28-42(44)51(9,10)46(55)32-23-31-45-50(7,8)41-27-18-20-29-43(41)54(45)36-22-16-17-33-47(58)52-34-24-38-56(11,12)39-25-35-53-48(59)60-49(4,5)6;1-8-41(9-2,10-3)29-19-28-40-33-23-16-14-21-31(33)38(6,7)35(40)25-18-24-34-37(4,5)30-20-13-15-22-32(30)39(34)27-17-11-12-26-36(42)43;1-13(2,3)18-12(17)15-9-7-11-16(4,5)10-6-8-14;;/h18-21,23,27-32H,13-17,22,24-26,33-40H2,1-12H3;13-16,18,20-25H,8-12,17,19,26-29H2,1-7H3;6-11,14H2,1-5H3;1H4;1H/q2*+1;;;/p+3. The number of fused-ring (bicyclic) bond motifs is 4. The fraction of sp³-hybridized carbons (Fsp3) is 0.631. The Bertz CT molecular complexity index is 4160. The van der Waals surface area contributed by atoms with E-state index < -0.39 is 17.2 Å². The van der Waals surface area contributed by atoms with Gasteiger partial charge in [0.05, 0.1) is 130 Å². The van der Waals surface area contributed by atoms with E-state index >= 15 is 0 Å². The smallest absolute Gasteiger partial charge is 0.407 e. The second-order valence-corrected chi connectivity index (χ2v) is 39.7. The third-order valence-electron chi connectivity index (χ3n) is 26.3. The predicted molar refractivity (Wildman–Crippen MR) is 513 cm³/mol. The number of nitrogens with one attached hydrogen (secondary N) is 3. The minimum absolute atomic E-state index is 0. The second kappa shape index (κ2) is 49.0. The average Bonchev–Trinajstić information content (AvgIpc) is 1.61. The Morgan fingerprint density at radius 3 is 1.12 bits per heavy atom. The lowest BCUT2D eigenvalue weighted by atomic mass is 9.81. The number of hydrogen-bond acceptors (Lipinski definition) is 9. The monoisotopic (exact) mass is 1770 g/mol. The molecule has 0 saturated carbocycles. The molecule has 123 heavy (non-hydrogen) atoms. The molecular formula is C103H172BrN12O7+5. The van der Waals surface area contributed by atoms with Gasteiger partial charge in [0.2, 0.25) is 17.3 Å². The van der Waals surface area contributed by atoms with Crippen LogP contribution in [-0.2, 0) is 40.7 Å². The number of carbonyl (C=O) groups excluding carboxylic acids is 3. The number of para-hydroxylation sites is 4. The van der Waals surface area contributed by atoms with Gasteiger partial charge < -0.3 is 81.0 Å². The van der Waals surface area contributed by atoms with Crippen LogP contribution in [-0.4, -0.2) is 238 Å². The first-order chi connectivity index (χ1) is 57.0. The van der Waals surface area contributed by atoms with Crippen LogP contribution < -0.4 is 48.5 Å². The van der Waals surface area contributed by atoms with Crippen molar-refractivity contribution in [2.24, 2.45) is 5.73 Å². The van der Waals surface area contributed by atoms with Crippen molar-refractivity contribution < 1.29 is 77.8 Å². The molecule has 0 bridgehead atoms. The van der Waals surface area contributed by atoms with Gasteiger partial charge >= 0.3 is 18.2 Å². The van der Waals surface area contributed by atoms with Crippen molar-refractivity contribution in [1.82, 2.24) is 16.0 Å². The lowest BCUT2D eigenvalue weighted by molar-refractivity contribution is -0.924. The highest BCUT2D eigenvalue weighted by Gasteiger charge is 2.47. The number of hydrogen-bond donors (Lipinski definition) is 5. The molecule has 0 aromatic heterocycles. The van der Waals surface area contributed by atoms with E-state index in [4.69, 9.17) is 20.3 Å². The van der Waals surface area contributed by atoms with Gasteiger partial charge in [-0.15, -0.1) is 0 Å². The van der Waals surface area contributed by atoms with Crippen LogP contribution in [0.1, 0.15) is 258 Å². The van der Waals surface area contributed by atoms with Crippen molar-refractivity contribution in [1.29, 1.82) is 0 Å². The summed E-state index contributed by atoms with van der Waals surface area (Å²) in [6.07, 6.45) is 25.8. The topological polar surface area (TPSA) is 182 Å². The Morgan fingerprint density at radius 2 is 0.772 bits per heavy atom. The molecule has 0 atom stereocenters. The number of nitrogens with zero attached hydrogens (tertiary/aromatic N) is 8. The van der Waals surface area contributed by atoms with Gasteiger partial charge in [0.1, 0.15) is 11.2 Å². The number of quaternary nitrogens is 4. The lowest BCUT2D eigenvalue weighted by Crippen LogP contribution is -3.00. The van der Waals surface area contributed by atoms with E-state index in [0.29, 0.717) is 26.1 Å². The highest BCUT2D eigenvalue weighted by molar-refractivity contribution is 6.04. The molecule has 4 aliphatic rings. The molecule has 0 saturated heterocycles. The van der Waals surface area contributed by atoms with E-state index in [9.17, 15) is 19.2 Å². The van der Waals surface area contributed by atoms with Crippen molar-refractivity contribution in [3.63, 3.8) is 0 Å². The number of carboxylic acids is 1. The number of amides is 3. The molecule has 688 valence electrons. The van der Waals surface area contributed by atoms with E-state index in [1.165, 1.54) is 129 Å². The summed E-state index contributed by atoms with van der Waals surface area (Å²) >= 11 is 0. The molecule has 0 spiro atoms. The molecule has 4 aliphatic heterocycles. The number of anilines is 2. The number of carboxylic acid groups (broad SMARTS) is 1. The summed E-state index contributed by atoms with van der Waals surface area (Å²) in [7, 11) is 8.77. The number of allylic oxidation sites excluding steroid dienone is 8. The number of nitrogens with two attached hydrogens (primary N) is 1. The van der Waals surface area contributed by atoms with Crippen LogP contribution in [0.5, 0.6) is 0 Å². The van der Waals surface area contributed by atoms with Gasteiger partial charge in [0.25, 0.3) is 0 Å². The lowest BCUT2D eigenvalue weighted by Gasteiger charge is -2.35. The molecule has 3 amide bonds. The minimum atomic E-state index is -0.707. The third-order valence-corrected chi connectivity index (χ3v) is 26.3. The first-order valence-corrected chi connectivity index (χ1v) is 46.5. The summed E-state index contributed by atoms with van der Waals surface area (Å²) in [5.41, 5.74) is 20.4. The van der Waals surface area contributed by atoms with Crippen LogP contribution in [0.25, 0.3) is 0 Å². The maximum Gasteiger partial charge on any atom is 0.407 e. The summed E-state index contributed by atoms with van der Waals surface area (Å²) in [5.74, 6) is -0.565. The van der Waals surface area contributed by atoms with E-state index in [0.717, 1.165) is 145 Å². The van der Waals surface area contributed by atoms with Crippen molar-refractivity contribution in [3.8, 4) is 0 Å². The number of benzene rings is 4. The zero-order valence-electron chi connectivity index (χ0n) is 80.7. The van der Waals surface area contributed by atoms with Gasteiger partial charge in [-0.25, -0.2) is 9.59 Å². The normalized spacial score (nSPS) is 16.3. The van der Waals surface area contributed by atoms with Crippen LogP contribution >= 0.6 is 0 Å². The number of alkyl carbamates (subject to hydrolysis) is 2. The van der Waals surface area contributed by atoms with E-state index in [1.54, 1.807) is 0 Å². The van der Waals surface area contributed by atoms with E-state index in [2.05, 4.69) is 294 Å². The van der Waals surface area contributed by atoms with Crippen molar-refractivity contribution in [2.75, 3.05) is 169 Å². The maximum atomic E-state index is 12.8. The number of unbranched alkanes of at least 4 members (excludes halogenated alkanes) is 4. The van der Waals surface area contributed by atoms with Crippen LogP contribution in [0.3, 0.4) is 0 Å². The fourth-order valence-corrected chi connectivity index (χ4v) is 18.5. The Kier molecular flexibility index (Phi) is 43.0. The molecule has 0 radical (unpaired) electrons. The summed E-state index contributed by atoms with van der Waals surface area (Å²) in [6.45, 7) is 64.1. The second-order valence-electron chi connectivity index (χ2n) is 39.7. The maximum absolute atomic E-state index is 12.8. The Hall–Kier alpha value is -7.46. The molecule has 0 unspecified atom stereocenters. The summed E-state index contributed by atoms with van der Waals surface area (Å²) in [6, 6.07) is 35.6. The quantitative estimate of drug-likeness (QED) is 0.0162. The van der Waals surface area contributed by atoms with Crippen molar-refractivity contribution in [3.05, 3.63) is 167 Å². The van der Waals surface area contributed by atoms with E-state index in [1.807, 2.05) is 41.5 Å². The van der Waals surface area contributed by atoms with Gasteiger partial charge in [-0.2, -0.15) is 9.15 Å². The molecule has 4 aromatic carbocycles. The van der Waals surface area contributed by atoms with Crippen LogP contribution in [0.15, 0.2) is 145 Å². The molecule has 4 heterocycles. The average molecular weight is 1770 g/mol. The van der Waals surface area contributed by atoms with Gasteiger partial charge in [-0.1, -0.05) is 133 Å². The molecule has 8 rings (SSSR count). The van der Waals surface area contributed by atoms with Crippen molar-refractivity contribution in [2.45, 2.75) is 269 Å². The number of rotatable bonds is 45. The van der Waals surface area contributed by atoms with Gasteiger partial charge in [-0.05, 0) is 178 Å². The van der Waals surface area contributed by atoms with Crippen LogP contribution in [0.4, 0.5) is 32.3 Å². The zero-order valence-corrected chi connectivity index (χ0v) is 82.3. The number of carbonyl (C=O) groups is 4. The van der Waals surface area contributed by atoms with Gasteiger partial charge in [-0.3, -0.25) is 9.59 Å². The Morgan fingerprint density at radius 1 is 0.439 bits per heavy atom. The van der Waals surface area contributed by atoms with Crippen LogP contribution in [0, 0.1) is 0 Å². The summed E-state index contributed by atoms with van der Waals surface area (Å²) in [4.78, 5) is 52.1. The highest BCUT2D eigenvalue weighted by Crippen LogP contribution is 2.50. The molecule has 6 N–H and O–H groups in total. The molecule has 4 aromatic rings. The SMILES string of the molecule is C.CC(C)(C)OC(=O)NCCC[N+](C)(C)CCCN.CC[N+](CC)(CC)CCC[N+]1=C(C=CC=C2N(CCCCCC(=O)NCCC[N+](C)(C)CCCNC(=O)OC(C)(C)C)c3ccccc3C2(C)C)C(C)(C)c2ccccc21.CC[N+](CC)(CC)CCC[N+]1=C(C=CC=C2N(CCCCCC(=O)O)c3ccccc3C2(C)C)C(C)(C)c2ccccc21.[Br-]. The number of ether oxygens (including phenoxy) is 2. The first-order valence-electron chi connectivity index (χ1n) is 46.5. The number of aliphatic carboxylic acids is 1. The third kappa shape index (κ3) is 31.2. The Balaban J connectivity index is 0.000000438. The minimum Gasteiger partial charge on any atom is -1.00 e. The molecular weight excluding hydrogens is 1600 g/mol. The van der Waals surface area contributed by atoms with E-state index in [-0.39, 0.29) is 70.6 Å².